The van der Waals surface area contributed by atoms with E-state index in [9.17, 15) is 19.2 Å². The lowest BCUT2D eigenvalue weighted by Crippen LogP contribution is -2.28. The fraction of sp³-hybridized carbons (Fsp3) is 0.364. The van der Waals surface area contributed by atoms with Gasteiger partial charge in [-0.05, 0) is 33.1 Å². The summed E-state index contributed by atoms with van der Waals surface area (Å²) >= 11 is 0. The molecular weight excluding hydrogens is 468 g/mol. The Hall–Kier alpha value is -4.46. The van der Waals surface area contributed by atoms with Crippen molar-refractivity contribution in [2.24, 2.45) is 21.1 Å². The maximum Gasteiger partial charge on any atom is 0.292 e. The molecule has 3 heterocycles. The van der Waals surface area contributed by atoms with Crippen LogP contribution in [-0.4, -0.2) is 79.9 Å². The van der Waals surface area contributed by atoms with Crippen LogP contribution in [0.15, 0.2) is 24.7 Å². The van der Waals surface area contributed by atoms with Gasteiger partial charge in [-0.1, -0.05) is 0 Å². The molecule has 0 fully saturated rings. The molecule has 3 rings (SSSR count). The van der Waals surface area contributed by atoms with Crippen molar-refractivity contribution in [3.8, 4) is 0 Å². The molecule has 3 aromatic rings. The summed E-state index contributed by atoms with van der Waals surface area (Å²) in [6, 6.07) is 1.58. The van der Waals surface area contributed by atoms with Crippen molar-refractivity contribution in [3.63, 3.8) is 0 Å². The van der Waals surface area contributed by atoms with Gasteiger partial charge in [-0.3, -0.25) is 19.2 Å². The molecule has 0 radical (unpaired) electrons. The molecule has 0 saturated carbocycles. The molecule has 0 saturated heterocycles. The predicted molar refractivity (Wildman–Crippen MR) is 133 cm³/mol. The monoisotopic (exact) mass is 498 g/mol. The molecule has 14 heteroatoms. The van der Waals surface area contributed by atoms with Crippen molar-refractivity contribution in [2.75, 3.05) is 43.1 Å². The zero-order chi connectivity index (χ0) is 26.4. The number of anilines is 3. The number of hydrogen-bond donors (Lipinski definition) is 4. The lowest BCUT2D eigenvalue weighted by Gasteiger charge is -2.10. The Labute approximate surface area is 207 Å². The lowest BCUT2D eigenvalue weighted by molar-refractivity contribution is -0.105. The molecule has 14 nitrogen and oxygen atoms in total. The van der Waals surface area contributed by atoms with E-state index in [1.165, 1.54) is 21.5 Å². The fourth-order valence-corrected chi connectivity index (χ4v) is 3.45. The average Bonchev–Trinajstić information content (AvgIpc) is 3.47. The Morgan fingerprint density at radius 2 is 1.50 bits per heavy atom. The van der Waals surface area contributed by atoms with Gasteiger partial charge in [-0.25, -0.2) is 9.97 Å². The van der Waals surface area contributed by atoms with E-state index >= 15 is 0 Å². The molecule has 0 aliphatic carbocycles. The summed E-state index contributed by atoms with van der Waals surface area (Å²) in [5, 5.41) is 10.5. The van der Waals surface area contributed by atoms with Gasteiger partial charge in [-0.15, -0.1) is 0 Å². The minimum absolute atomic E-state index is 0.0481. The number of imidazole rings is 2. The van der Waals surface area contributed by atoms with E-state index < -0.39 is 11.8 Å². The minimum Gasteiger partial charge on any atom is -0.351 e. The topological polar surface area (TPSA) is 160 Å². The summed E-state index contributed by atoms with van der Waals surface area (Å²) in [5.41, 5.74) is 0.833. The zero-order valence-electron chi connectivity index (χ0n) is 20.8. The number of hydrogen-bond acceptors (Lipinski definition) is 7. The van der Waals surface area contributed by atoms with Crippen LogP contribution in [0.25, 0.3) is 0 Å². The van der Waals surface area contributed by atoms with E-state index in [4.69, 9.17) is 0 Å². The van der Waals surface area contributed by atoms with E-state index in [2.05, 4.69) is 31.2 Å². The molecular formula is C22H30N10O4. The van der Waals surface area contributed by atoms with Crippen LogP contribution in [0.4, 0.5) is 17.3 Å². The van der Waals surface area contributed by atoms with Crippen molar-refractivity contribution in [3.05, 3.63) is 42.0 Å². The number of carbonyl (C=O) groups excluding carboxylic acids is 4. The van der Waals surface area contributed by atoms with E-state index in [0.29, 0.717) is 24.3 Å². The second-order valence-electron chi connectivity index (χ2n) is 8.43. The van der Waals surface area contributed by atoms with Crippen LogP contribution in [0.3, 0.4) is 0 Å². The summed E-state index contributed by atoms with van der Waals surface area (Å²) in [6.45, 7) is 1.40. The molecule has 0 spiro atoms. The summed E-state index contributed by atoms with van der Waals surface area (Å²) in [5.74, 6) is -0.851. The van der Waals surface area contributed by atoms with E-state index in [1.54, 1.807) is 38.0 Å². The first-order chi connectivity index (χ1) is 17.1. The largest absolute Gasteiger partial charge is 0.351 e. The number of aromatic nitrogens is 5. The normalized spacial score (nSPS) is 10.8. The van der Waals surface area contributed by atoms with Crippen molar-refractivity contribution >= 4 is 41.5 Å². The van der Waals surface area contributed by atoms with Gasteiger partial charge in [0.05, 0.1) is 5.69 Å². The van der Waals surface area contributed by atoms with Gasteiger partial charge in [0.15, 0.2) is 11.6 Å². The molecule has 3 aromatic heterocycles. The molecule has 0 aliphatic rings. The summed E-state index contributed by atoms with van der Waals surface area (Å²) in [4.78, 5) is 58.7. The number of amides is 4. The Kier molecular flexibility index (Phi) is 8.22. The fourth-order valence-electron chi connectivity index (χ4n) is 3.45. The van der Waals surface area contributed by atoms with Gasteiger partial charge in [-0.2, -0.15) is 0 Å². The third-order valence-corrected chi connectivity index (χ3v) is 5.17. The maximum atomic E-state index is 12.8. The van der Waals surface area contributed by atoms with Crippen LogP contribution in [-0.2, 0) is 25.9 Å². The van der Waals surface area contributed by atoms with Crippen LogP contribution in [0.2, 0.25) is 0 Å². The van der Waals surface area contributed by atoms with E-state index in [-0.39, 0.29) is 29.2 Å². The third kappa shape index (κ3) is 6.35. The highest BCUT2D eigenvalue weighted by Gasteiger charge is 2.20. The number of aryl methyl sites for hydroxylation is 3. The minimum atomic E-state index is -0.564. The standard InChI is InChI=1S/C22H30N10O4/c1-29(2)8-6-7-23-20(34)15-9-14(10-30(15)3)25-21(35)18-27-17(12-32(18)5)28-22(36)19-26-16(24-13-33)11-31(19)4/h9-13H,6-8H2,1-5H3,(H,23,34)(H,24,33)(H,25,35)(H,28,36). The first kappa shape index (κ1) is 26.2. The SMILES string of the molecule is CN(C)CCCNC(=O)c1cc(NC(=O)c2nc(NC(=O)c3nc(NC=O)cn3C)cn2C)cn1C. The van der Waals surface area contributed by atoms with E-state index in [1.807, 2.05) is 19.0 Å². The summed E-state index contributed by atoms with van der Waals surface area (Å²) in [6.07, 6.45) is 5.88. The first-order valence-corrected chi connectivity index (χ1v) is 11.1. The third-order valence-electron chi connectivity index (χ3n) is 5.17. The van der Waals surface area contributed by atoms with E-state index in [0.717, 1.165) is 13.0 Å². The van der Waals surface area contributed by atoms with Gasteiger partial charge < -0.3 is 39.9 Å². The molecule has 4 N–H and O–H groups in total. The maximum absolute atomic E-state index is 12.8. The number of rotatable bonds is 11. The highest BCUT2D eigenvalue weighted by atomic mass is 16.2. The number of nitrogens with one attached hydrogen (secondary N) is 4. The number of carbonyl (C=O) groups is 4. The molecule has 0 aliphatic heterocycles. The second kappa shape index (κ2) is 11.3. The van der Waals surface area contributed by atoms with Crippen LogP contribution in [0, 0.1) is 0 Å². The Morgan fingerprint density at radius 3 is 2.14 bits per heavy atom. The van der Waals surface area contributed by atoms with Gasteiger partial charge in [0.25, 0.3) is 17.7 Å². The molecule has 192 valence electrons. The van der Waals surface area contributed by atoms with Crippen molar-refractivity contribution in [1.29, 1.82) is 0 Å². The van der Waals surface area contributed by atoms with Crippen molar-refractivity contribution in [2.45, 2.75) is 6.42 Å². The Bertz CT molecular complexity index is 1270. The van der Waals surface area contributed by atoms with Gasteiger partial charge in [0.2, 0.25) is 18.1 Å². The average molecular weight is 499 g/mol. The smallest absolute Gasteiger partial charge is 0.292 e. The van der Waals surface area contributed by atoms with Gasteiger partial charge in [0.1, 0.15) is 5.69 Å². The predicted octanol–water partition coefficient (Wildman–Crippen LogP) is 0.247. The molecule has 0 atom stereocenters. The molecule has 0 aromatic carbocycles. The van der Waals surface area contributed by atoms with Crippen LogP contribution >= 0.6 is 0 Å². The molecule has 0 unspecified atom stereocenters. The van der Waals surface area contributed by atoms with Gasteiger partial charge >= 0.3 is 0 Å². The lowest BCUT2D eigenvalue weighted by atomic mass is 10.3. The highest BCUT2D eigenvalue weighted by molar-refractivity contribution is 6.05. The molecule has 36 heavy (non-hydrogen) atoms. The zero-order valence-corrected chi connectivity index (χ0v) is 20.8. The molecule has 0 bridgehead atoms. The van der Waals surface area contributed by atoms with Crippen LogP contribution in [0.5, 0.6) is 0 Å². The Balaban J connectivity index is 1.63. The Morgan fingerprint density at radius 1 is 0.889 bits per heavy atom. The number of nitrogens with zero attached hydrogens (tertiary/aromatic N) is 6. The quantitative estimate of drug-likeness (QED) is 0.218. The second-order valence-corrected chi connectivity index (χ2v) is 8.43. The molecule has 4 amide bonds. The summed E-state index contributed by atoms with van der Waals surface area (Å²) in [7, 11) is 8.87. The van der Waals surface area contributed by atoms with Crippen LogP contribution < -0.4 is 21.3 Å². The van der Waals surface area contributed by atoms with Gasteiger partial charge in [0, 0.05) is 46.3 Å². The van der Waals surface area contributed by atoms with Crippen molar-refractivity contribution < 1.29 is 19.2 Å². The van der Waals surface area contributed by atoms with Crippen molar-refractivity contribution in [1.82, 2.24) is 33.9 Å². The summed E-state index contributed by atoms with van der Waals surface area (Å²) < 4.78 is 4.54. The highest BCUT2D eigenvalue weighted by Crippen LogP contribution is 2.16. The first-order valence-electron chi connectivity index (χ1n) is 11.1. The van der Waals surface area contributed by atoms with Crippen LogP contribution in [0.1, 0.15) is 38.1 Å².